The van der Waals surface area contributed by atoms with Gasteiger partial charge < -0.3 is 30.6 Å². The quantitative estimate of drug-likeness (QED) is 0.0612. The number of ether oxygens (including phenoxy) is 1. The number of phenols is 1. The number of thiophene rings is 1. The highest BCUT2D eigenvalue weighted by atomic mass is 32.1. The van der Waals surface area contributed by atoms with Crippen LogP contribution in [0.25, 0.3) is 10.9 Å². The molecule has 5 aromatic rings. The molecule has 6 N–H and O–H groups in total. The Morgan fingerprint density at radius 1 is 0.981 bits per heavy atom. The first-order valence-electron chi connectivity index (χ1n) is 18.7. The van der Waals surface area contributed by atoms with Crippen molar-refractivity contribution < 1.29 is 24.5 Å². The number of likely N-dealkylation sites (tertiary alicyclic amines) is 1. The number of esters is 1. The third kappa shape index (κ3) is 8.59. The minimum atomic E-state index is -0.946. The fourth-order valence-corrected chi connectivity index (χ4v) is 8.47. The van der Waals surface area contributed by atoms with E-state index in [9.17, 15) is 24.6 Å². The molecule has 7 rings (SSSR count). The van der Waals surface area contributed by atoms with Crippen molar-refractivity contribution in [2.45, 2.75) is 62.9 Å². The maximum atomic E-state index is 14.1. The number of aliphatic hydroxyl groups excluding tert-OH is 1. The van der Waals surface area contributed by atoms with E-state index in [2.05, 4.69) is 44.0 Å². The third-order valence-electron chi connectivity index (χ3n) is 10.5. The molecule has 1 saturated heterocycles. The molecule has 1 aliphatic heterocycles. The van der Waals surface area contributed by atoms with Crippen molar-refractivity contribution in [3.8, 4) is 5.75 Å². The molecule has 2 unspecified atom stereocenters. The second-order valence-corrected chi connectivity index (χ2v) is 15.4. The van der Waals surface area contributed by atoms with E-state index in [0.717, 1.165) is 54.8 Å². The van der Waals surface area contributed by atoms with E-state index >= 15 is 0 Å². The van der Waals surface area contributed by atoms with Gasteiger partial charge in [0.15, 0.2) is 0 Å². The zero-order valence-electron chi connectivity index (χ0n) is 30.2. The van der Waals surface area contributed by atoms with Crippen molar-refractivity contribution >= 4 is 34.1 Å². The number of fused-ring (bicyclic) bond motifs is 2. The number of aromatic amines is 1. The summed E-state index contributed by atoms with van der Waals surface area (Å²) in [7, 11) is 0. The van der Waals surface area contributed by atoms with Crippen LogP contribution in [0.5, 0.6) is 5.75 Å². The Morgan fingerprint density at radius 2 is 1.80 bits per heavy atom. The highest BCUT2D eigenvalue weighted by Gasteiger charge is 2.47. The maximum Gasteiger partial charge on any atom is 0.331 e. The molecule has 282 valence electrons. The van der Waals surface area contributed by atoms with E-state index < -0.39 is 11.6 Å². The van der Waals surface area contributed by atoms with Crippen LogP contribution in [0.4, 0.5) is 0 Å². The number of hydrogen-bond donors (Lipinski definition) is 6. The molecule has 1 amide bonds. The topological polar surface area (TPSA) is 156 Å². The Labute approximate surface area is 318 Å². The number of carbonyl (C=O) groups is 2. The molecule has 2 aromatic heterocycles. The highest BCUT2D eigenvalue weighted by Crippen LogP contribution is 2.39. The average Bonchev–Trinajstić information content (AvgIpc) is 3.94. The predicted molar refractivity (Wildman–Crippen MR) is 209 cm³/mol. The summed E-state index contributed by atoms with van der Waals surface area (Å²) in [6, 6.07) is 28.3. The van der Waals surface area contributed by atoms with E-state index in [-0.39, 0.29) is 29.3 Å². The van der Waals surface area contributed by atoms with Gasteiger partial charge >= 0.3 is 5.97 Å². The van der Waals surface area contributed by atoms with Crippen molar-refractivity contribution in [1.82, 2.24) is 25.8 Å². The summed E-state index contributed by atoms with van der Waals surface area (Å²) in [5.41, 5.74) is 3.02. The highest BCUT2D eigenvalue weighted by molar-refractivity contribution is 7.14. The summed E-state index contributed by atoms with van der Waals surface area (Å²) >= 11 is 1.42. The molecule has 0 spiro atoms. The maximum absolute atomic E-state index is 14.1. The van der Waals surface area contributed by atoms with Gasteiger partial charge in [0.25, 0.3) is 5.91 Å². The minimum Gasteiger partial charge on any atom is -0.506 e. The van der Waals surface area contributed by atoms with Crippen LogP contribution in [-0.4, -0.2) is 70.8 Å². The number of pyridine rings is 1. The molecular formula is C42H47N5O6S. The number of amides is 1. The number of aliphatic hydroxyl groups is 1. The Balaban J connectivity index is 0.865. The molecule has 3 heterocycles. The van der Waals surface area contributed by atoms with E-state index in [1.807, 2.05) is 48.5 Å². The summed E-state index contributed by atoms with van der Waals surface area (Å²) in [5, 5.41) is 31.3. The molecular weight excluding hydrogens is 703 g/mol. The van der Waals surface area contributed by atoms with Crippen molar-refractivity contribution in [2.24, 2.45) is 0 Å². The molecule has 0 bridgehead atoms. The van der Waals surface area contributed by atoms with Gasteiger partial charge in [0.1, 0.15) is 17.4 Å². The Kier molecular flexibility index (Phi) is 11.9. The zero-order chi connectivity index (χ0) is 37.5. The number of nitrogens with one attached hydrogen (secondary N) is 4. The second kappa shape index (κ2) is 17.1. The number of unbranched alkanes of at least 4 members (excludes halogenated alkanes) is 1. The fourth-order valence-electron chi connectivity index (χ4n) is 7.61. The van der Waals surface area contributed by atoms with Gasteiger partial charge in [-0.1, -0.05) is 60.7 Å². The van der Waals surface area contributed by atoms with Gasteiger partial charge in [-0.05, 0) is 85.2 Å². The van der Waals surface area contributed by atoms with Crippen LogP contribution in [-0.2, 0) is 34.6 Å². The lowest BCUT2D eigenvalue weighted by atomic mass is 9.91. The van der Waals surface area contributed by atoms with Crippen molar-refractivity contribution in [3.63, 3.8) is 0 Å². The first-order chi connectivity index (χ1) is 26.3. The molecule has 3 atom stereocenters. The number of aromatic hydroxyl groups is 1. The first kappa shape index (κ1) is 37.5. The average molecular weight is 750 g/mol. The summed E-state index contributed by atoms with van der Waals surface area (Å²) in [6.07, 6.45) is 2.78. The predicted octanol–water partition coefficient (Wildman–Crippen LogP) is 4.88. The standard InChI is InChI=1S/C42H47N5O6S/c48-35-15-13-32(33-14-17-38(50)46-39(33)35)36(49)25-43-21-6-7-22-44-40(51)37-16-12-31(54-37)24-45-42(20-18-29-10-4-5-11-34(29)42)41(52)53-30-19-23-47(27-30)26-28-8-2-1-3-9-28/h1-5,8-17,30,36,43,45,48-49H,6-7,18-27H2,(H,44,51)(H,46,50)/t30-,36?,42?/m1/s1. The fraction of sp³-hybridized carbons (Fsp3) is 0.357. The minimum absolute atomic E-state index is 0.0453. The van der Waals surface area contributed by atoms with E-state index in [1.54, 1.807) is 12.1 Å². The summed E-state index contributed by atoms with van der Waals surface area (Å²) in [6.45, 7) is 4.33. The van der Waals surface area contributed by atoms with Crippen LogP contribution >= 0.6 is 11.3 Å². The Morgan fingerprint density at radius 3 is 2.67 bits per heavy atom. The van der Waals surface area contributed by atoms with Gasteiger partial charge in [-0.3, -0.25) is 19.8 Å². The molecule has 11 nitrogen and oxygen atoms in total. The Bertz CT molecular complexity index is 2140. The largest absolute Gasteiger partial charge is 0.506 e. The SMILES string of the molecule is O=C(NCCCCNCC(O)c1ccc(O)c2[nH]c(=O)ccc12)c1ccc(CNC2(C(=O)O[C@@H]3CCN(Cc4ccccc4)C3)CCc3ccccc32)s1. The van der Waals surface area contributed by atoms with Gasteiger partial charge in [0.05, 0.1) is 16.5 Å². The lowest BCUT2D eigenvalue weighted by molar-refractivity contribution is -0.157. The lowest BCUT2D eigenvalue weighted by Crippen LogP contribution is -2.49. The van der Waals surface area contributed by atoms with E-state index in [0.29, 0.717) is 60.5 Å². The monoisotopic (exact) mass is 749 g/mol. The van der Waals surface area contributed by atoms with Gasteiger partial charge in [-0.15, -0.1) is 11.3 Å². The van der Waals surface area contributed by atoms with Crippen LogP contribution in [0.2, 0.25) is 0 Å². The van der Waals surface area contributed by atoms with Crippen LogP contribution in [0.1, 0.15) is 68.6 Å². The van der Waals surface area contributed by atoms with Gasteiger partial charge in [0.2, 0.25) is 5.56 Å². The van der Waals surface area contributed by atoms with E-state index in [4.69, 9.17) is 4.74 Å². The number of carbonyl (C=O) groups excluding carboxylic acids is 2. The molecule has 54 heavy (non-hydrogen) atoms. The molecule has 12 heteroatoms. The number of aromatic nitrogens is 1. The number of aryl methyl sites for hydroxylation is 1. The van der Waals surface area contributed by atoms with Gasteiger partial charge in [-0.25, -0.2) is 4.79 Å². The first-order valence-corrected chi connectivity index (χ1v) is 19.5. The Hall–Kier alpha value is -4.85. The van der Waals surface area contributed by atoms with Crippen molar-refractivity contribution in [3.05, 3.63) is 133 Å². The number of phenolic OH excluding ortho intramolecular Hbond substituents is 1. The van der Waals surface area contributed by atoms with Crippen molar-refractivity contribution in [1.29, 1.82) is 0 Å². The van der Waals surface area contributed by atoms with Crippen LogP contribution in [0.3, 0.4) is 0 Å². The number of nitrogens with zero attached hydrogens (tertiary/aromatic N) is 1. The van der Waals surface area contributed by atoms with Crippen LogP contribution in [0.15, 0.2) is 95.8 Å². The number of rotatable bonds is 16. The zero-order valence-corrected chi connectivity index (χ0v) is 31.0. The molecule has 0 saturated carbocycles. The van der Waals surface area contributed by atoms with Gasteiger partial charge in [0, 0.05) is 55.6 Å². The summed E-state index contributed by atoms with van der Waals surface area (Å²) in [5.74, 6) is -0.409. The summed E-state index contributed by atoms with van der Waals surface area (Å²) in [4.78, 5) is 45.3. The normalized spacial score (nSPS) is 18.8. The lowest BCUT2D eigenvalue weighted by Gasteiger charge is -2.31. The van der Waals surface area contributed by atoms with E-state index in [1.165, 1.54) is 29.0 Å². The summed E-state index contributed by atoms with van der Waals surface area (Å²) < 4.78 is 6.25. The molecule has 2 aliphatic rings. The van der Waals surface area contributed by atoms with Gasteiger partial charge in [-0.2, -0.15) is 0 Å². The number of H-pyrrole nitrogens is 1. The van der Waals surface area contributed by atoms with Crippen molar-refractivity contribution in [2.75, 3.05) is 32.7 Å². The molecule has 0 radical (unpaired) electrons. The third-order valence-corrected chi connectivity index (χ3v) is 11.6. The smallest absolute Gasteiger partial charge is 0.331 e. The van der Waals surface area contributed by atoms with Crippen LogP contribution in [0, 0.1) is 0 Å². The second-order valence-electron chi connectivity index (χ2n) is 14.2. The molecule has 3 aromatic carbocycles. The molecule has 1 aliphatic carbocycles. The van der Waals surface area contributed by atoms with Crippen LogP contribution < -0.4 is 21.5 Å². The number of hydrogen-bond acceptors (Lipinski definition) is 10. The number of benzene rings is 3. The molecule has 1 fully saturated rings.